The van der Waals surface area contributed by atoms with Crippen molar-refractivity contribution in [3.63, 3.8) is 0 Å². The molecular weight excluding hydrogens is 300 g/mol. The highest BCUT2D eigenvalue weighted by atomic mass is 32.1. The Morgan fingerprint density at radius 1 is 1.50 bits per heavy atom. The highest BCUT2D eigenvalue weighted by Crippen LogP contribution is 2.25. The van der Waals surface area contributed by atoms with Crippen LogP contribution in [0.2, 0.25) is 0 Å². The zero-order valence-corrected chi connectivity index (χ0v) is 13.7. The highest BCUT2D eigenvalue weighted by Gasteiger charge is 2.27. The van der Waals surface area contributed by atoms with E-state index in [1.165, 1.54) is 0 Å². The van der Waals surface area contributed by atoms with Crippen molar-refractivity contribution in [3.05, 3.63) is 27.8 Å². The van der Waals surface area contributed by atoms with E-state index in [2.05, 4.69) is 22.0 Å². The lowest BCUT2D eigenvalue weighted by Gasteiger charge is -2.31. The van der Waals surface area contributed by atoms with Gasteiger partial charge in [0, 0.05) is 31.3 Å². The minimum Gasteiger partial charge on any atom is -0.342 e. The number of aromatic nitrogens is 3. The molecule has 0 unspecified atom stereocenters. The molecule has 1 aliphatic heterocycles. The molecule has 0 aromatic carbocycles. The van der Waals surface area contributed by atoms with Crippen molar-refractivity contribution in [2.45, 2.75) is 45.4 Å². The first-order valence-corrected chi connectivity index (χ1v) is 8.55. The molecule has 1 amide bonds. The highest BCUT2D eigenvalue weighted by molar-refractivity contribution is 7.09. The summed E-state index contributed by atoms with van der Waals surface area (Å²) in [6.07, 6.45) is 3.27. The average molecular weight is 320 g/mol. The van der Waals surface area contributed by atoms with E-state index in [1.807, 2.05) is 10.3 Å². The van der Waals surface area contributed by atoms with Gasteiger partial charge in [-0.25, -0.2) is 4.98 Å². The van der Waals surface area contributed by atoms with Crippen LogP contribution in [0.25, 0.3) is 0 Å². The maximum absolute atomic E-state index is 12.5. The van der Waals surface area contributed by atoms with E-state index in [0.717, 1.165) is 42.3 Å². The topological polar surface area (TPSA) is 72.1 Å². The molecule has 1 saturated heterocycles. The second-order valence-corrected chi connectivity index (χ2v) is 6.56. The number of aryl methyl sites for hydroxylation is 2. The van der Waals surface area contributed by atoms with Crippen LogP contribution in [0.3, 0.4) is 0 Å². The Balaban J connectivity index is 1.62. The van der Waals surface area contributed by atoms with Crippen LogP contribution >= 0.6 is 11.3 Å². The molecule has 3 heterocycles. The standard InChI is InChI=1S/C15H20N4O2S/c1-3-13-17-12(9-22-13)7-14(20)19-6-4-5-11(8-19)15-16-10(2)21-18-15/h9,11H,3-8H2,1-2H3/t11-/m1/s1. The molecule has 0 bridgehead atoms. The van der Waals surface area contributed by atoms with Crippen molar-refractivity contribution in [1.29, 1.82) is 0 Å². The second kappa shape index (κ2) is 6.56. The van der Waals surface area contributed by atoms with Crippen LogP contribution in [0, 0.1) is 6.92 Å². The fraction of sp³-hybridized carbons (Fsp3) is 0.600. The van der Waals surface area contributed by atoms with Gasteiger partial charge in [-0.3, -0.25) is 4.79 Å². The number of carbonyl (C=O) groups is 1. The lowest BCUT2D eigenvalue weighted by atomic mass is 9.97. The maximum Gasteiger partial charge on any atom is 0.228 e. The van der Waals surface area contributed by atoms with Gasteiger partial charge in [0.25, 0.3) is 0 Å². The van der Waals surface area contributed by atoms with Crippen LogP contribution in [0.15, 0.2) is 9.90 Å². The Bertz CT molecular complexity index is 652. The molecular formula is C15H20N4O2S. The van der Waals surface area contributed by atoms with Crippen molar-refractivity contribution in [2.75, 3.05) is 13.1 Å². The number of carbonyl (C=O) groups excluding carboxylic acids is 1. The summed E-state index contributed by atoms with van der Waals surface area (Å²) in [7, 11) is 0. The predicted molar refractivity (Wildman–Crippen MR) is 82.8 cm³/mol. The van der Waals surface area contributed by atoms with Crippen molar-refractivity contribution in [3.8, 4) is 0 Å². The molecule has 1 atom stereocenters. The van der Waals surface area contributed by atoms with Gasteiger partial charge < -0.3 is 9.42 Å². The number of hydrogen-bond donors (Lipinski definition) is 0. The monoisotopic (exact) mass is 320 g/mol. The largest absolute Gasteiger partial charge is 0.342 e. The molecule has 1 aliphatic rings. The fourth-order valence-electron chi connectivity index (χ4n) is 2.75. The minimum atomic E-state index is 0.137. The van der Waals surface area contributed by atoms with Gasteiger partial charge in [-0.2, -0.15) is 4.98 Å². The van der Waals surface area contributed by atoms with E-state index in [-0.39, 0.29) is 11.8 Å². The zero-order valence-electron chi connectivity index (χ0n) is 12.9. The van der Waals surface area contributed by atoms with Crippen LogP contribution in [-0.2, 0) is 17.6 Å². The number of likely N-dealkylation sites (tertiary alicyclic amines) is 1. The van der Waals surface area contributed by atoms with E-state index in [1.54, 1.807) is 18.3 Å². The number of rotatable bonds is 4. The van der Waals surface area contributed by atoms with Gasteiger partial charge in [0.15, 0.2) is 5.82 Å². The average Bonchev–Trinajstić information content (AvgIpc) is 3.16. The zero-order chi connectivity index (χ0) is 15.5. The summed E-state index contributed by atoms with van der Waals surface area (Å²) >= 11 is 1.62. The Morgan fingerprint density at radius 3 is 3.05 bits per heavy atom. The molecule has 3 rings (SSSR count). The number of nitrogens with zero attached hydrogens (tertiary/aromatic N) is 4. The molecule has 2 aromatic heterocycles. The SMILES string of the molecule is CCc1nc(CC(=O)N2CCC[C@@H](c3noc(C)n3)C2)cs1. The predicted octanol–water partition coefficient (Wildman–Crippen LogP) is 2.35. The first-order chi connectivity index (χ1) is 10.7. The van der Waals surface area contributed by atoms with Crippen molar-refractivity contribution >= 4 is 17.2 Å². The minimum absolute atomic E-state index is 0.137. The second-order valence-electron chi connectivity index (χ2n) is 5.61. The molecule has 2 aromatic rings. The molecule has 22 heavy (non-hydrogen) atoms. The van der Waals surface area contributed by atoms with Crippen LogP contribution in [0.5, 0.6) is 0 Å². The van der Waals surface area contributed by atoms with E-state index in [0.29, 0.717) is 18.9 Å². The summed E-state index contributed by atoms with van der Waals surface area (Å²) < 4.78 is 5.05. The summed E-state index contributed by atoms with van der Waals surface area (Å²) in [5, 5.41) is 7.07. The third kappa shape index (κ3) is 3.35. The molecule has 6 nitrogen and oxygen atoms in total. The van der Waals surface area contributed by atoms with Crippen molar-refractivity contribution < 1.29 is 9.32 Å². The summed E-state index contributed by atoms with van der Waals surface area (Å²) in [4.78, 5) is 23.2. The van der Waals surface area contributed by atoms with Gasteiger partial charge in [-0.15, -0.1) is 11.3 Å². The van der Waals surface area contributed by atoms with E-state index in [9.17, 15) is 4.79 Å². The Kier molecular flexibility index (Phi) is 4.52. The van der Waals surface area contributed by atoms with E-state index >= 15 is 0 Å². The maximum atomic E-state index is 12.5. The van der Waals surface area contributed by atoms with Gasteiger partial charge in [0.05, 0.1) is 17.1 Å². The quantitative estimate of drug-likeness (QED) is 0.864. The lowest BCUT2D eigenvalue weighted by molar-refractivity contribution is -0.131. The van der Waals surface area contributed by atoms with Crippen LogP contribution < -0.4 is 0 Å². The summed E-state index contributed by atoms with van der Waals surface area (Å²) in [5.74, 6) is 1.61. The molecule has 7 heteroatoms. The Hall–Kier alpha value is -1.76. The van der Waals surface area contributed by atoms with Crippen LogP contribution in [0.4, 0.5) is 0 Å². The van der Waals surface area contributed by atoms with Crippen LogP contribution in [-0.4, -0.2) is 39.0 Å². The van der Waals surface area contributed by atoms with Gasteiger partial charge in [0.2, 0.25) is 11.8 Å². The Morgan fingerprint density at radius 2 is 2.36 bits per heavy atom. The molecule has 118 valence electrons. The molecule has 0 aliphatic carbocycles. The van der Waals surface area contributed by atoms with Crippen molar-refractivity contribution in [2.24, 2.45) is 0 Å². The number of hydrogen-bond acceptors (Lipinski definition) is 6. The molecule has 1 fully saturated rings. The third-order valence-corrected chi connectivity index (χ3v) is 4.96. The smallest absolute Gasteiger partial charge is 0.228 e. The molecule has 0 spiro atoms. The third-order valence-electron chi connectivity index (χ3n) is 3.92. The first-order valence-electron chi connectivity index (χ1n) is 7.67. The summed E-state index contributed by atoms with van der Waals surface area (Å²) in [6.45, 7) is 5.34. The van der Waals surface area contributed by atoms with Gasteiger partial charge in [-0.05, 0) is 19.3 Å². The first kappa shape index (κ1) is 15.1. The molecule has 0 radical (unpaired) electrons. The summed E-state index contributed by atoms with van der Waals surface area (Å²) in [5.41, 5.74) is 0.879. The number of amides is 1. The van der Waals surface area contributed by atoms with Crippen LogP contribution in [0.1, 0.15) is 48.1 Å². The van der Waals surface area contributed by atoms with Crippen molar-refractivity contribution in [1.82, 2.24) is 20.0 Å². The van der Waals surface area contributed by atoms with Gasteiger partial charge >= 0.3 is 0 Å². The van der Waals surface area contributed by atoms with E-state index in [4.69, 9.17) is 4.52 Å². The normalized spacial score (nSPS) is 18.6. The van der Waals surface area contributed by atoms with E-state index < -0.39 is 0 Å². The molecule has 0 saturated carbocycles. The Labute approximate surface area is 133 Å². The summed E-state index contributed by atoms with van der Waals surface area (Å²) in [6, 6.07) is 0. The number of piperidine rings is 1. The lowest BCUT2D eigenvalue weighted by Crippen LogP contribution is -2.40. The van der Waals surface area contributed by atoms with Gasteiger partial charge in [-0.1, -0.05) is 12.1 Å². The molecule has 0 N–H and O–H groups in total. The number of thiazole rings is 1. The van der Waals surface area contributed by atoms with Gasteiger partial charge in [0.1, 0.15) is 0 Å². The fourth-order valence-corrected chi connectivity index (χ4v) is 3.50.